The Morgan fingerprint density at radius 3 is 2.72 bits per heavy atom. The lowest BCUT2D eigenvalue weighted by molar-refractivity contribution is -0.137. The fourth-order valence-corrected chi connectivity index (χ4v) is 1.63. The number of likely N-dealkylation sites (N-methyl/N-ethyl adjacent to an activating group) is 1. The van der Waals surface area contributed by atoms with Gasteiger partial charge >= 0.3 is 6.18 Å². The van der Waals surface area contributed by atoms with Crippen molar-refractivity contribution in [2.45, 2.75) is 12.2 Å². The molecule has 0 amide bonds. The predicted molar refractivity (Wildman–Crippen MR) is 62.4 cm³/mol. The molecule has 0 aliphatic heterocycles. The van der Waals surface area contributed by atoms with E-state index in [-0.39, 0.29) is 25.0 Å². The second-order valence-corrected chi connectivity index (χ2v) is 3.97. The zero-order chi connectivity index (χ0) is 13.8. The van der Waals surface area contributed by atoms with E-state index in [1.54, 1.807) is 0 Å². The van der Waals surface area contributed by atoms with Gasteiger partial charge in [-0.1, -0.05) is 0 Å². The first-order valence-electron chi connectivity index (χ1n) is 5.34. The molecule has 1 atom stereocenters. The zero-order valence-electron chi connectivity index (χ0n) is 10.2. The molecule has 0 aromatic carbocycles. The SMILES string of the molecule is COCC(N)CN(C)c1ncccc1C(F)(F)F. The molecule has 0 spiro atoms. The normalized spacial score (nSPS) is 13.4. The number of hydrogen-bond acceptors (Lipinski definition) is 4. The zero-order valence-corrected chi connectivity index (χ0v) is 10.2. The minimum Gasteiger partial charge on any atom is -0.383 e. The van der Waals surface area contributed by atoms with E-state index in [0.29, 0.717) is 0 Å². The molecule has 102 valence electrons. The van der Waals surface area contributed by atoms with Crippen LogP contribution in [-0.4, -0.2) is 38.3 Å². The third-order valence-corrected chi connectivity index (χ3v) is 2.34. The van der Waals surface area contributed by atoms with Crippen LogP contribution < -0.4 is 10.6 Å². The molecule has 0 bridgehead atoms. The number of pyridine rings is 1. The lowest BCUT2D eigenvalue weighted by Crippen LogP contribution is -2.39. The molecule has 0 fully saturated rings. The first-order chi connectivity index (χ1) is 8.36. The van der Waals surface area contributed by atoms with Crippen molar-refractivity contribution in [2.75, 3.05) is 32.2 Å². The van der Waals surface area contributed by atoms with Crippen LogP contribution in [0.4, 0.5) is 19.0 Å². The molecule has 7 heteroatoms. The van der Waals surface area contributed by atoms with Gasteiger partial charge in [0, 0.05) is 32.9 Å². The molecular weight excluding hydrogens is 247 g/mol. The number of alkyl halides is 3. The van der Waals surface area contributed by atoms with Crippen molar-refractivity contribution in [3.8, 4) is 0 Å². The molecular formula is C11H16F3N3O. The van der Waals surface area contributed by atoms with Gasteiger partial charge in [-0.25, -0.2) is 4.98 Å². The van der Waals surface area contributed by atoms with Crippen LogP contribution >= 0.6 is 0 Å². The molecule has 0 aliphatic rings. The Morgan fingerprint density at radius 1 is 1.50 bits per heavy atom. The van der Waals surface area contributed by atoms with Crippen molar-refractivity contribution >= 4 is 5.82 Å². The van der Waals surface area contributed by atoms with Crippen molar-refractivity contribution < 1.29 is 17.9 Å². The van der Waals surface area contributed by atoms with E-state index >= 15 is 0 Å². The van der Waals surface area contributed by atoms with E-state index in [2.05, 4.69) is 4.98 Å². The van der Waals surface area contributed by atoms with Crippen molar-refractivity contribution in [1.82, 2.24) is 4.98 Å². The van der Waals surface area contributed by atoms with Crippen LogP contribution in [0.3, 0.4) is 0 Å². The number of hydrogen-bond donors (Lipinski definition) is 1. The van der Waals surface area contributed by atoms with E-state index in [4.69, 9.17) is 10.5 Å². The molecule has 0 saturated carbocycles. The van der Waals surface area contributed by atoms with Gasteiger partial charge in [0.1, 0.15) is 5.82 Å². The molecule has 1 rings (SSSR count). The Kier molecular flexibility index (Phi) is 4.92. The van der Waals surface area contributed by atoms with Crippen LogP contribution in [0.5, 0.6) is 0 Å². The Morgan fingerprint density at radius 2 is 2.17 bits per heavy atom. The molecule has 1 aromatic heterocycles. The third-order valence-electron chi connectivity index (χ3n) is 2.34. The van der Waals surface area contributed by atoms with Crippen LogP contribution in [0, 0.1) is 0 Å². The highest BCUT2D eigenvalue weighted by atomic mass is 19.4. The fourth-order valence-electron chi connectivity index (χ4n) is 1.63. The maximum absolute atomic E-state index is 12.8. The average molecular weight is 263 g/mol. The highest BCUT2D eigenvalue weighted by Gasteiger charge is 2.35. The van der Waals surface area contributed by atoms with E-state index in [9.17, 15) is 13.2 Å². The first kappa shape index (κ1) is 14.7. The summed E-state index contributed by atoms with van der Waals surface area (Å²) in [5, 5.41) is 0. The molecule has 1 aromatic rings. The van der Waals surface area contributed by atoms with Gasteiger partial charge in [-0.2, -0.15) is 13.2 Å². The summed E-state index contributed by atoms with van der Waals surface area (Å²) < 4.78 is 43.2. The molecule has 2 N–H and O–H groups in total. The Bertz CT molecular complexity index is 384. The van der Waals surface area contributed by atoms with Crippen molar-refractivity contribution in [3.63, 3.8) is 0 Å². The molecule has 0 aliphatic carbocycles. The second kappa shape index (κ2) is 6.01. The van der Waals surface area contributed by atoms with E-state index < -0.39 is 11.7 Å². The van der Waals surface area contributed by atoms with Crippen LogP contribution in [-0.2, 0) is 10.9 Å². The lowest BCUT2D eigenvalue weighted by atomic mass is 10.2. The smallest absolute Gasteiger partial charge is 0.383 e. The number of methoxy groups -OCH3 is 1. The van der Waals surface area contributed by atoms with Gasteiger partial charge in [0.2, 0.25) is 0 Å². The minimum atomic E-state index is -4.43. The number of aromatic nitrogens is 1. The minimum absolute atomic E-state index is 0.128. The highest BCUT2D eigenvalue weighted by Crippen LogP contribution is 2.34. The van der Waals surface area contributed by atoms with Gasteiger partial charge in [-0.15, -0.1) is 0 Å². The standard InChI is InChI=1S/C11H16F3N3O/c1-17(6-8(15)7-18-2)10-9(11(12,13)14)4-3-5-16-10/h3-5,8H,6-7,15H2,1-2H3. The maximum Gasteiger partial charge on any atom is 0.419 e. The Hall–Kier alpha value is -1.34. The van der Waals surface area contributed by atoms with Crippen LogP contribution in [0.15, 0.2) is 18.3 Å². The number of rotatable bonds is 5. The summed E-state index contributed by atoms with van der Waals surface area (Å²) >= 11 is 0. The fraction of sp³-hybridized carbons (Fsp3) is 0.545. The van der Waals surface area contributed by atoms with Gasteiger partial charge in [-0.05, 0) is 12.1 Å². The molecule has 1 heterocycles. The molecule has 0 radical (unpaired) electrons. The summed E-state index contributed by atoms with van der Waals surface area (Å²) in [5.74, 6) is -0.128. The highest BCUT2D eigenvalue weighted by molar-refractivity contribution is 5.47. The molecule has 1 unspecified atom stereocenters. The maximum atomic E-state index is 12.8. The van der Waals surface area contributed by atoms with Gasteiger partial charge in [0.25, 0.3) is 0 Å². The summed E-state index contributed by atoms with van der Waals surface area (Å²) in [7, 11) is 3.01. The largest absolute Gasteiger partial charge is 0.419 e. The molecule has 18 heavy (non-hydrogen) atoms. The van der Waals surface area contributed by atoms with E-state index in [1.165, 1.54) is 31.3 Å². The van der Waals surface area contributed by atoms with Gasteiger partial charge in [0.15, 0.2) is 0 Å². The van der Waals surface area contributed by atoms with Crippen molar-refractivity contribution in [3.05, 3.63) is 23.9 Å². The number of ether oxygens (including phenoxy) is 1. The second-order valence-electron chi connectivity index (χ2n) is 3.97. The summed E-state index contributed by atoms with van der Waals surface area (Å²) in [6.45, 7) is 0.506. The van der Waals surface area contributed by atoms with Crippen molar-refractivity contribution in [2.24, 2.45) is 5.73 Å². The number of nitrogens with zero attached hydrogens (tertiary/aromatic N) is 2. The number of nitrogens with two attached hydrogens (primary N) is 1. The Labute approximate surface area is 104 Å². The monoisotopic (exact) mass is 263 g/mol. The van der Waals surface area contributed by atoms with Crippen LogP contribution in [0.1, 0.15) is 5.56 Å². The number of anilines is 1. The van der Waals surface area contributed by atoms with Gasteiger partial charge in [-0.3, -0.25) is 0 Å². The topological polar surface area (TPSA) is 51.4 Å². The molecule has 4 nitrogen and oxygen atoms in total. The van der Waals surface area contributed by atoms with Crippen LogP contribution in [0.2, 0.25) is 0 Å². The molecule has 0 saturated heterocycles. The average Bonchev–Trinajstić information content (AvgIpc) is 2.28. The third kappa shape index (κ3) is 3.85. The van der Waals surface area contributed by atoms with Crippen molar-refractivity contribution in [1.29, 1.82) is 0 Å². The van der Waals surface area contributed by atoms with E-state index in [1.807, 2.05) is 0 Å². The van der Waals surface area contributed by atoms with E-state index in [0.717, 1.165) is 6.07 Å². The quantitative estimate of drug-likeness (QED) is 0.875. The summed E-state index contributed by atoms with van der Waals surface area (Å²) in [5.41, 5.74) is 4.94. The first-order valence-corrected chi connectivity index (χ1v) is 5.34. The Balaban J connectivity index is 2.89. The van der Waals surface area contributed by atoms with Crippen LogP contribution in [0.25, 0.3) is 0 Å². The predicted octanol–water partition coefficient (Wildman–Crippen LogP) is 1.51. The summed E-state index contributed by atoms with van der Waals surface area (Å²) in [6, 6.07) is 1.89. The van der Waals surface area contributed by atoms with Gasteiger partial charge in [0.05, 0.1) is 12.2 Å². The lowest BCUT2D eigenvalue weighted by Gasteiger charge is -2.24. The number of halogens is 3. The van der Waals surface area contributed by atoms with Gasteiger partial charge < -0.3 is 15.4 Å². The summed E-state index contributed by atoms with van der Waals surface area (Å²) in [4.78, 5) is 5.15. The summed E-state index contributed by atoms with van der Waals surface area (Å²) in [6.07, 6.45) is -3.11.